The number of hydrogen-bond donors (Lipinski definition) is 0. The fraction of sp³-hybridized carbons (Fsp3) is 0.357. The minimum absolute atomic E-state index is 0.0988. The van der Waals surface area contributed by atoms with E-state index in [2.05, 4.69) is 0 Å². The Bertz CT molecular complexity index is 581. The predicted molar refractivity (Wildman–Crippen MR) is 68.8 cm³/mol. The van der Waals surface area contributed by atoms with Crippen molar-refractivity contribution in [1.82, 2.24) is 4.57 Å². The molecule has 0 atom stereocenters. The summed E-state index contributed by atoms with van der Waals surface area (Å²) in [6, 6.07) is 5.84. The van der Waals surface area contributed by atoms with E-state index >= 15 is 0 Å². The zero-order chi connectivity index (χ0) is 12.6. The van der Waals surface area contributed by atoms with Crippen molar-refractivity contribution in [2.24, 2.45) is 7.05 Å². The van der Waals surface area contributed by atoms with Gasteiger partial charge in [0.15, 0.2) is 5.78 Å². The van der Waals surface area contributed by atoms with Crippen molar-refractivity contribution in [3.8, 4) is 5.75 Å². The molecule has 0 spiro atoms. The number of nitrogens with zero attached hydrogens (tertiary/aromatic N) is 1. The van der Waals surface area contributed by atoms with Crippen LogP contribution in [0.2, 0.25) is 0 Å². The quantitative estimate of drug-likeness (QED) is 0.760. The third kappa shape index (κ3) is 1.71. The minimum atomic E-state index is 0.0988. The number of ether oxygens (including phenoxy) is 1. The summed E-state index contributed by atoms with van der Waals surface area (Å²) in [5.74, 6) is 0.935. The number of carbonyl (C=O) groups excluding carboxylic acids is 1. The lowest BCUT2D eigenvalue weighted by Gasteiger charge is -2.06. The Morgan fingerprint density at radius 3 is 2.71 bits per heavy atom. The number of fused-ring (bicyclic) bond motifs is 1. The summed E-state index contributed by atoms with van der Waals surface area (Å²) >= 11 is 0. The number of carbonyl (C=O) groups is 1. The summed E-state index contributed by atoms with van der Waals surface area (Å²) in [5, 5.41) is 0.975. The lowest BCUT2D eigenvalue weighted by Crippen LogP contribution is -1.97. The first kappa shape index (κ1) is 11.7. The number of para-hydroxylation sites is 1. The Kier molecular flexibility index (Phi) is 2.92. The summed E-state index contributed by atoms with van der Waals surface area (Å²) in [6.45, 7) is 6.15. The molecule has 3 nitrogen and oxygen atoms in total. The molecule has 1 heterocycles. The van der Waals surface area contributed by atoms with Crippen LogP contribution < -0.4 is 4.74 Å². The Hall–Kier alpha value is -1.77. The molecular weight excluding hydrogens is 214 g/mol. The number of hydrogen-bond acceptors (Lipinski definition) is 2. The zero-order valence-electron chi connectivity index (χ0n) is 10.7. The van der Waals surface area contributed by atoms with E-state index in [0.717, 1.165) is 27.9 Å². The minimum Gasteiger partial charge on any atom is -0.492 e. The van der Waals surface area contributed by atoms with Crippen LogP contribution >= 0.6 is 0 Å². The fourth-order valence-electron chi connectivity index (χ4n) is 2.32. The van der Waals surface area contributed by atoms with Gasteiger partial charge in [0.1, 0.15) is 5.75 Å². The van der Waals surface area contributed by atoms with Crippen LogP contribution in [0.25, 0.3) is 10.9 Å². The summed E-state index contributed by atoms with van der Waals surface area (Å²) in [5.41, 5.74) is 2.78. The standard InChI is InChI=1S/C14H17NO2/c1-5-17-12-8-6-7-11-13(10(3)16)9(2)15(4)14(11)12/h6-8H,5H2,1-4H3. The molecule has 0 fully saturated rings. The maximum Gasteiger partial charge on any atom is 0.162 e. The normalized spacial score (nSPS) is 10.8. The highest BCUT2D eigenvalue weighted by Gasteiger charge is 2.17. The molecule has 17 heavy (non-hydrogen) atoms. The van der Waals surface area contributed by atoms with Crippen molar-refractivity contribution in [2.75, 3.05) is 6.61 Å². The van der Waals surface area contributed by atoms with Gasteiger partial charge in [-0.25, -0.2) is 0 Å². The zero-order valence-corrected chi connectivity index (χ0v) is 10.7. The third-order valence-corrected chi connectivity index (χ3v) is 3.12. The molecule has 0 N–H and O–H groups in total. The molecular formula is C14H17NO2. The summed E-state index contributed by atoms with van der Waals surface area (Å²) in [4.78, 5) is 11.7. The molecule has 0 aliphatic rings. The second-order valence-electron chi connectivity index (χ2n) is 4.16. The molecule has 2 aromatic rings. The van der Waals surface area contributed by atoms with E-state index in [0.29, 0.717) is 6.61 Å². The largest absolute Gasteiger partial charge is 0.492 e. The van der Waals surface area contributed by atoms with Gasteiger partial charge in [-0.3, -0.25) is 4.79 Å². The highest BCUT2D eigenvalue weighted by Crippen LogP contribution is 2.32. The van der Waals surface area contributed by atoms with Crippen LogP contribution in [0.15, 0.2) is 18.2 Å². The average Bonchev–Trinajstić information content (AvgIpc) is 2.53. The predicted octanol–water partition coefficient (Wildman–Crippen LogP) is 3.09. The molecule has 3 heteroatoms. The molecule has 0 unspecified atom stereocenters. The number of aromatic nitrogens is 1. The number of benzene rings is 1. The van der Waals surface area contributed by atoms with E-state index in [1.807, 2.05) is 43.7 Å². The molecule has 0 aliphatic heterocycles. The van der Waals surface area contributed by atoms with Gasteiger partial charge in [0.05, 0.1) is 12.1 Å². The maximum atomic E-state index is 11.7. The van der Waals surface area contributed by atoms with Gasteiger partial charge in [-0.05, 0) is 26.8 Å². The van der Waals surface area contributed by atoms with Gasteiger partial charge in [0.2, 0.25) is 0 Å². The summed E-state index contributed by atoms with van der Waals surface area (Å²) < 4.78 is 7.64. The number of rotatable bonds is 3. The SMILES string of the molecule is CCOc1cccc2c(C(C)=O)c(C)n(C)c12. The number of aryl methyl sites for hydroxylation is 1. The molecule has 0 bridgehead atoms. The lowest BCUT2D eigenvalue weighted by molar-refractivity contribution is 0.101. The Morgan fingerprint density at radius 1 is 1.41 bits per heavy atom. The van der Waals surface area contributed by atoms with Crippen molar-refractivity contribution in [2.45, 2.75) is 20.8 Å². The molecule has 1 aromatic carbocycles. The topological polar surface area (TPSA) is 31.2 Å². The first-order chi connectivity index (χ1) is 8.07. The van der Waals surface area contributed by atoms with E-state index in [-0.39, 0.29) is 5.78 Å². The molecule has 0 aliphatic carbocycles. The molecule has 0 radical (unpaired) electrons. The first-order valence-corrected chi connectivity index (χ1v) is 5.79. The van der Waals surface area contributed by atoms with E-state index in [1.165, 1.54) is 0 Å². The van der Waals surface area contributed by atoms with Crippen LogP contribution in [0.5, 0.6) is 5.75 Å². The van der Waals surface area contributed by atoms with E-state index in [9.17, 15) is 4.79 Å². The van der Waals surface area contributed by atoms with Crippen LogP contribution in [0.1, 0.15) is 29.9 Å². The van der Waals surface area contributed by atoms with Crippen LogP contribution in [0.3, 0.4) is 0 Å². The van der Waals surface area contributed by atoms with Gasteiger partial charge in [0.25, 0.3) is 0 Å². The molecule has 0 saturated heterocycles. The van der Waals surface area contributed by atoms with Crippen LogP contribution in [-0.4, -0.2) is 17.0 Å². The Morgan fingerprint density at radius 2 is 2.12 bits per heavy atom. The smallest absolute Gasteiger partial charge is 0.162 e. The Labute approximate surface area is 101 Å². The number of ketones is 1. The monoisotopic (exact) mass is 231 g/mol. The van der Waals surface area contributed by atoms with Crippen LogP contribution in [0, 0.1) is 6.92 Å². The van der Waals surface area contributed by atoms with E-state index < -0.39 is 0 Å². The van der Waals surface area contributed by atoms with Gasteiger partial charge in [0, 0.05) is 23.7 Å². The van der Waals surface area contributed by atoms with Gasteiger partial charge < -0.3 is 9.30 Å². The van der Waals surface area contributed by atoms with Gasteiger partial charge in [-0.2, -0.15) is 0 Å². The summed E-state index contributed by atoms with van der Waals surface area (Å²) in [7, 11) is 1.96. The molecule has 2 rings (SSSR count). The van der Waals surface area contributed by atoms with Gasteiger partial charge in [-0.1, -0.05) is 12.1 Å². The number of Topliss-reactive ketones (excluding diaryl/α,β-unsaturated/α-hetero) is 1. The Balaban J connectivity index is 2.84. The average molecular weight is 231 g/mol. The summed E-state index contributed by atoms with van der Waals surface area (Å²) in [6.07, 6.45) is 0. The lowest BCUT2D eigenvalue weighted by atomic mass is 10.1. The molecule has 1 aromatic heterocycles. The van der Waals surface area contributed by atoms with Gasteiger partial charge in [-0.15, -0.1) is 0 Å². The highest BCUT2D eigenvalue weighted by atomic mass is 16.5. The first-order valence-electron chi connectivity index (χ1n) is 5.79. The van der Waals surface area contributed by atoms with Crippen molar-refractivity contribution in [3.63, 3.8) is 0 Å². The molecule has 0 saturated carbocycles. The second-order valence-corrected chi connectivity index (χ2v) is 4.16. The van der Waals surface area contributed by atoms with Crippen molar-refractivity contribution < 1.29 is 9.53 Å². The van der Waals surface area contributed by atoms with Crippen molar-refractivity contribution in [1.29, 1.82) is 0 Å². The highest BCUT2D eigenvalue weighted by molar-refractivity contribution is 6.09. The fourth-order valence-corrected chi connectivity index (χ4v) is 2.32. The molecule has 0 amide bonds. The van der Waals surface area contributed by atoms with E-state index in [1.54, 1.807) is 6.92 Å². The second kappa shape index (κ2) is 4.24. The van der Waals surface area contributed by atoms with Crippen molar-refractivity contribution in [3.05, 3.63) is 29.5 Å². The van der Waals surface area contributed by atoms with Crippen LogP contribution in [-0.2, 0) is 7.05 Å². The maximum absolute atomic E-state index is 11.7. The van der Waals surface area contributed by atoms with Gasteiger partial charge >= 0.3 is 0 Å². The third-order valence-electron chi connectivity index (χ3n) is 3.12. The van der Waals surface area contributed by atoms with E-state index in [4.69, 9.17) is 4.74 Å². The molecule has 90 valence electrons. The van der Waals surface area contributed by atoms with Crippen LogP contribution in [0.4, 0.5) is 0 Å². The van der Waals surface area contributed by atoms with Crippen molar-refractivity contribution >= 4 is 16.7 Å².